The van der Waals surface area contributed by atoms with Crippen LogP contribution in [0.2, 0.25) is 0 Å². The third kappa shape index (κ3) is 5.67. The van der Waals surface area contributed by atoms with Crippen molar-refractivity contribution in [3.8, 4) is 0 Å². The second-order valence-corrected chi connectivity index (χ2v) is 3.23. The molecule has 3 N–H and O–H groups in total. The van der Waals surface area contributed by atoms with Crippen LogP contribution >= 0.6 is 0 Å². The van der Waals surface area contributed by atoms with Gasteiger partial charge in [0.1, 0.15) is 0 Å². The lowest BCUT2D eigenvalue weighted by Crippen LogP contribution is -2.28. The zero-order valence-corrected chi connectivity index (χ0v) is 9.65. The maximum absolute atomic E-state index is 11.3. The van der Waals surface area contributed by atoms with E-state index in [9.17, 15) is 14.4 Å². The molecule has 0 aromatic rings. The van der Waals surface area contributed by atoms with E-state index in [2.05, 4.69) is 5.32 Å². The van der Waals surface area contributed by atoms with E-state index in [0.717, 1.165) is 6.92 Å². The van der Waals surface area contributed by atoms with Crippen molar-refractivity contribution in [3.05, 3.63) is 11.1 Å². The van der Waals surface area contributed by atoms with E-state index in [-0.39, 0.29) is 12.1 Å². The molecule has 0 saturated heterocycles. The summed E-state index contributed by atoms with van der Waals surface area (Å²) in [6.45, 7) is 1.69. The first-order valence-electron chi connectivity index (χ1n) is 4.82. The van der Waals surface area contributed by atoms with Gasteiger partial charge in [-0.2, -0.15) is 0 Å². The number of carbonyl (C=O) groups is 3. The number of ether oxygens (including phenoxy) is 1. The molecule has 0 saturated carbocycles. The quantitative estimate of drug-likeness (QED) is 0.416. The highest BCUT2D eigenvalue weighted by atomic mass is 16.5. The van der Waals surface area contributed by atoms with Gasteiger partial charge in [-0.3, -0.25) is 4.79 Å². The maximum atomic E-state index is 11.3. The molecule has 0 fully saturated rings. The fourth-order valence-electron chi connectivity index (χ4n) is 1.01. The van der Waals surface area contributed by atoms with Crippen molar-refractivity contribution in [2.45, 2.75) is 13.3 Å². The van der Waals surface area contributed by atoms with Gasteiger partial charge in [0.25, 0.3) is 0 Å². The number of carboxylic acids is 2. The molecule has 7 heteroatoms. The first kappa shape index (κ1) is 15.1. The molecule has 17 heavy (non-hydrogen) atoms. The monoisotopic (exact) mass is 245 g/mol. The van der Waals surface area contributed by atoms with Crippen LogP contribution in [-0.4, -0.2) is 48.3 Å². The Bertz CT molecular complexity index is 347. The number of rotatable bonds is 7. The van der Waals surface area contributed by atoms with Gasteiger partial charge in [-0.15, -0.1) is 0 Å². The standard InChI is InChI=1S/C10H15NO6/c1-6(9(13)14)7(10(15)16)5-8(12)11-3-4-17-2/h3-5H2,1-2H3,(H,11,12)(H,13,14)(H,15,16)/b7-6+. The fraction of sp³-hybridized carbons (Fsp3) is 0.500. The first-order valence-corrected chi connectivity index (χ1v) is 4.82. The van der Waals surface area contributed by atoms with Crippen LogP contribution in [0.5, 0.6) is 0 Å². The molecule has 96 valence electrons. The molecule has 0 rings (SSSR count). The minimum absolute atomic E-state index is 0.244. The van der Waals surface area contributed by atoms with Crippen molar-refractivity contribution in [1.82, 2.24) is 5.32 Å². The highest BCUT2D eigenvalue weighted by molar-refractivity contribution is 6.01. The highest BCUT2D eigenvalue weighted by Crippen LogP contribution is 2.09. The van der Waals surface area contributed by atoms with E-state index in [0.29, 0.717) is 6.61 Å². The fourth-order valence-corrected chi connectivity index (χ4v) is 1.01. The summed E-state index contributed by atoms with van der Waals surface area (Å²) in [5.74, 6) is -3.32. The highest BCUT2D eigenvalue weighted by Gasteiger charge is 2.19. The van der Waals surface area contributed by atoms with Gasteiger partial charge in [-0.25, -0.2) is 9.59 Å². The van der Waals surface area contributed by atoms with Crippen LogP contribution in [0.15, 0.2) is 11.1 Å². The second kappa shape index (κ2) is 7.39. The van der Waals surface area contributed by atoms with Gasteiger partial charge in [0, 0.05) is 19.2 Å². The third-order valence-corrected chi connectivity index (χ3v) is 2.00. The molecule has 0 radical (unpaired) electrons. The van der Waals surface area contributed by atoms with Gasteiger partial charge in [-0.05, 0) is 6.92 Å². The number of hydrogen-bond acceptors (Lipinski definition) is 4. The van der Waals surface area contributed by atoms with E-state index in [4.69, 9.17) is 14.9 Å². The average molecular weight is 245 g/mol. The van der Waals surface area contributed by atoms with Crippen LogP contribution in [0.3, 0.4) is 0 Å². The first-order chi connectivity index (χ1) is 7.90. The van der Waals surface area contributed by atoms with Crippen molar-refractivity contribution >= 4 is 17.8 Å². The summed E-state index contributed by atoms with van der Waals surface area (Å²) in [4.78, 5) is 32.7. The Balaban J connectivity index is 4.58. The number of amides is 1. The molecule has 1 amide bonds. The van der Waals surface area contributed by atoms with Crippen molar-refractivity contribution in [2.75, 3.05) is 20.3 Å². The minimum atomic E-state index is -1.41. The van der Waals surface area contributed by atoms with Gasteiger partial charge < -0.3 is 20.3 Å². The molecule has 0 aromatic carbocycles. The van der Waals surface area contributed by atoms with Crippen molar-refractivity contribution in [2.24, 2.45) is 0 Å². The third-order valence-electron chi connectivity index (χ3n) is 2.00. The largest absolute Gasteiger partial charge is 0.478 e. The molecule has 0 spiro atoms. The summed E-state index contributed by atoms with van der Waals surface area (Å²) in [5.41, 5.74) is -0.771. The molecule has 0 aliphatic rings. The van der Waals surface area contributed by atoms with Crippen LogP contribution in [-0.2, 0) is 19.1 Å². The Morgan fingerprint density at radius 3 is 2.18 bits per heavy atom. The normalized spacial score (nSPS) is 11.6. The number of aliphatic carboxylic acids is 2. The second-order valence-electron chi connectivity index (χ2n) is 3.23. The minimum Gasteiger partial charge on any atom is -0.478 e. The van der Waals surface area contributed by atoms with E-state index >= 15 is 0 Å². The van der Waals surface area contributed by atoms with Gasteiger partial charge in [0.15, 0.2) is 0 Å². The summed E-state index contributed by atoms with van der Waals surface area (Å²) in [7, 11) is 1.46. The van der Waals surface area contributed by atoms with Gasteiger partial charge in [0.05, 0.1) is 18.6 Å². The summed E-state index contributed by atoms with van der Waals surface area (Å²) in [5, 5.41) is 19.9. The van der Waals surface area contributed by atoms with Crippen LogP contribution < -0.4 is 5.32 Å². The molecule has 7 nitrogen and oxygen atoms in total. The smallest absolute Gasteiger partial charge is 0.332 e. The number of hydrogen-bond donors (Lipinski definition) is 3. The Labute approximate surface area is 98.1 Å². The van der Waals surface area contributed by atoms with Crippen molar-refractivity contribution in [3.63, 3.8) is 0 Å². The van der Waals surface area contributed by atoms with Crippen LogP contribution in [0.4, 0.5) is 0 Å². The predicted octanol–water partition coefficient (Wildman–Crippen LogP) is -0.375. The molecule has 0 aliphatic carbocycles. The number of carboxylic acid groups (broad SMARTS) is 2. The van der Waals surface area contributed by atoms with Crippen molar-refractivity contribution < 1.29 is 29.3 Å². The van der Waals surface area contributed by atoms with E-state index < -0.39 is 29.8 Å². The predicted molar refractivity (Wildman–Crippen MR) is 57.5 cm³/mol. The summed E-state index contributed by atoms with van der Waals surface area (Å²) in [6.07, 6.45) is -0.475. The topological polar surface area (TPSA) is 113 Å². The van der Waals surface area contributed by atoms with Crippen molar-refractivity contribution in [1.29, 1.82) is 0 Å². The number of carbonyl (C=O) groups excluding carboxylic acids is 1. The maximum Gasteiger partial charge on any atom is 0.332 e. The van der Waals surface area contributed by atoms with Crippen LogP contribution in [0, 0.1) is 0 Å². The SMILES string of the molecule is COCCNC(=O)C/C(C(=O)O)=C(/C)C(=O)O. The Hall–Kier alpha value is -1.89. The zero-order chi connectivity index (χ0) is 13.4. The molecular weight excluding hydrogens is 230 g/mol. The molecule has 0 bridgehead atoms. The lowest BCUT2D eigenvalue weighted by molar-refractivity contribution is -0.136. The number of nitrogens with one attached hydrogen (secondary N) is 1. The number of methoxy groups -OCH3 is 1. The van der Waals surface area contributed by atoms with Gasteiger partial charge in [-0.1, -0.05) is 0 Å². The van der Waals surface area contributed by atoms with Gasteiger partial charge in [0.2, 0.25) is 5.91 Å². The van der Waals surface area contributed by atoms with E-state index in [1.165, 1.54) is 7.11 Å². The summed E-state index contributed by atoms with van der Waals surface area (Å²) in [6, 6.07) is 0. The summed E-state index contributed by atoms with van der Waals surface area (Å²) >= 11 is 0. The Morgan fingerprint density at radius 1 is 1.18 bits per heavy atom. The lowest BCUT2D eigenvalue weighted by atomic mass is 10.1. The van der Waals surface area contributed by atoms with Gasteiger partial charge >= 0.3 is 11.9 Å². The van der Waals surface area contributed by atoms with Crippen LogP contribution in [0.25, 0.3) is 0 Å². The average Bonchev–Trinajstić information content (AvgIpc) is 2.24. The van der Waals surface area contributed by atoms with E-state index in [1.807, 2.05) is 0 Å². The van der Waals surface area contributed by atoms with E-state index in [1.54, 1.807) is 0 Å². The lowest BCUT2D eigenvalue weighted by Gasteiger charge is -2.06. The van der Waals surface area contributed by atoms with Crippen LogP contribution in [0.1, 0.15) is 13.3 Å². The zero-order valence-electron chi connectivity index (χ0n) is 9.65. The molecule has 0 unspecified atom stereocenters. The Morgan fingerprint density at radius 2 is 1.76 bits per heavy atom. The molecule has 0 aromatic heterocycles. The molecule has 0 atom stereocenters. The molecule has 0 heterocycles. The Kier molecular flexibility index (Phi) is 6.57. The summed E-state index contributed by atoms with van der Waals surface area (Å²) < 4.78 is 4.69. The molecular formula is C10H15NO6. The molecule has 0 aliphatic heterocycles.